The number of esters is 1. The quantitative estimate of drug-likeness (QED) is 0.133. The summed E-state index contributed by atoms with van der Waals surface area (Å²) in [5.41, 5.74) is 2.79. The number of carbonyl (C=O) groups is 1. The van der Waals surface area contributed by atoms with E-state index in [-0.39, 0.29) is 17.7 Å². The van der Waals surface area contributed by atoms with Crippen molar-refractivity contribution < 1.29 is 18.7 Å². The van der Waals surface area contributed by atoms with Crippen molar-refractivity contribution in [1.29, 1.82) is 0 Å². The first-order valence-electron chi connectivity index (χ1n) is 13.8. The van der Waals surface area contributed by atoms with E-state index in [0.29, 0.717) is 33.0 Å². The van der Waals surface area contributed by atoms with Crippen molar-refractivity contribution in [2.75, 3.05) is 6.61 Å². The molecular formula is C34H25FI2N2O4S. The lowest BCUT2D eigenvalue weighted by Gasteiger charge is -2.24. The number of carbonyl (C=O) groups excluding carboxylic acids is 1. The Balaban J connectivity index is 1.46. The van der Waals surface area contributed by atoms with Crippen LogP contribution in [0.15, 0.2) is 99.9 Å². The molecule has 0 fully saturated rings. The molecule has 222 valence electrons. The molecule has 10 heteroatoms. The molecule has 44 heavy (non-hydrogen) atoms. The van der Waals surface area contributed by atoms with Crippen molar-refractivity contribution >= 4 is 79.3 Å². The fourth-order valence-corrected chi connectivity index (χ4v) is 8.38. The number of allylic oxidation sites excluding steroid dienone is 1. The van der Waals surface area contributed by atoms with Crippen molar-refractivity contribution in [3.05, 3.63) is 139 Å². The molecule has 6 rings (SSSR count). The molecule has 1 aliphatic heterocycles. The van der Waals surface area contributed by atoms with Gasteiger partial charge in [-0.25, -0.2) is 14.2 Å². The fourth-order valence-electron chi connectivity index (χ4n) is 5.30. The first kappa shape index (κ1) is 30.7. The molecule has 6 nitrogen and oxygen atoms in total. The van der Waals surface area contributed by atoms with Gasteiger partial charge in [0.2, 0.25) is 0 Å². The van der Waals surface area contributed by atoms with Crippen molar-refractivity contribution in [2.45, 2.75) is 26.5 Å². The second-order valence-corrected chi connectivity index (χ2v) is 13.5. The highest BCUT2D eigenvalue weighted by molar-refractivity contribution is 14.1. The van der Waals surface area contributed by atoms with Gasteiger partial charge in [-0.1, -0.05) is 65.9 Å². The predicted octanol–water partition coefficient (Wildman–Crippen LogP) is 6.88. The van der Waals surface area contributed by atoms with Crippen LogP contribution in [0.5, 0.6) is 5.75 Å². The zero-order valence-corrected chi connectivity index (χ0v) is 28.8. The lowest BCUT2D eigenvalue weighted by Crippen LogP contribution is -2.39. The third-order valence-corrected chi connectivity index (χ3v) is 9.69. The number of fused-ring (bicyclic) bond motifs is 2. The van der Waals surface area contributed by atoms with Crippen LogP contribution in [0.4, 0.5) is 4.39 Å². The van der Waals surface area contributed by atoms with E-state index >= 15 is 0 Å². The first-order valence-corrected chi connectivity index (χ1v) is 16.8. The van der Waals surface area contributed by atoms with Crippen LogP contribution < -0.4 is 19.6 Å². The molecule has 0 aliphatic carbocycles. The van der Waals surface area contributed by atoms with Gasteiger partial charge in [0.15, 0.2) is 4.80 Å². The predicted molar refractivity (Wildman–Crippen MR) is 187 cm³/mol. The van der Waals surface area contributed by atoms with Gasteiger partial charge in [0.05, 0.1) is 32.0 Å². The van der Waals surface area contributed by atoms with Gasteiger partial charge >= 0.3 is 5.97 Å². The molecule has 0 spiro atoms. The van der Waals surface area contributed by atoms with E-state index in [1.807, 2.05) is 36.4 Å². The van der Waals surface area contributed by atoms with Crippen LogP contribution in [0.1, 0.15) is 36.6 Å². The molecule has 4 aromatic carbocycles. The zero-order valence-electron chi connectivity index (χ0n) is 23.6. The van der Waals surface area contributed by atoms with E-state index in [4.69, 9.17) is 9.47 Å². The monoisotopic (exact) mass is 830 g/mol. The maximum atomic E-state index is 14.1. The number of rotatable bonds is 7. The zero-order chi connectivity index (χ0) is 31.0. The lowest BCUT2D eigenvalue weighted by molar-refractivity contribution is -0.139. The molecule has 0 radical (unpaired) electrons. The van der Waals surface area contributed by atoms with E-state index in [1.54, 1.807) is 26.0 Å². The molecular weight excluding hydrogens is 805 g/mol. The highest BCUT2D eigenvalue weighted by Gasteiger charge is 2.33. The molecule has 0 bridgehead atoms. The number of benzene rings is 4. The number of nitrogens with zero attached hydrogens (tertiary/aromatic N) is 2. The summed E-state index contributed by atoms with van der Waals surface area (Å²) >= 11 is 5.74. The Morgan fingerprint density at radius 1 is 1.07 bits per heavy atom. The smallest absolute Gasteiger partial charge is 0.338 e. The lowest BCUT2D eigenvalue weighted by atomic mass is 9.96. The molecule has 0 saturated heterocycles. The number of halogens is 3. The van der Waals surface area contributed by atoms with Gasteiger partial charge in [-0.05, 0) is 111 Å². The summed E-state index contributed by atoms with van der Waals surface area (Å²) in [6.45, 7) is 3.97. The van der Waals surface area contributed by atoms with E-state index in [0.717, 1.165) is 29.0 Å². The highest BCUT2D eigenvalue weighted by atomic mass is 127. The maximum absolute atomic E-state index is 14.1. The Labute approximate surface area is 283 Å². The minimum Gasteiger partial charge on any atom is -0.487 e. The van der Waals surface area contributed by atoms with E-state index in [1.165, 1.54) is 28.0 Å². The molecule has 0 amide bonds. The molecule has 0 saturated carbocycles. The number of hydrogen-bond donors (Lipinski definition) is 0. The largest absolute Gasteiger partial charge is 0.487 e. The van der Waals surface area contributed by atoms with Gasteiger partial charge in [0.25, 0.3) is 5.56 Å². The third-order valence-electron chi connectivity index (χ3n) is 7.28. The molecule has 5 aromatic rings. The maximum Gasteiger partial charge on any atom is 0.338 e. The van der Waals surface area contributed by atoms with Gasteiger partial charge in [-0.3, -0.25) is 9.36 Å². The number of hydrogen-bond acceptors (Lipinski definition) is 6. The van der Waals surface area contributed by atoms with Crippen LogP contribution in [-0.2, 0) is 16.1 Å². The average Bonchev–Trinajstić information content (AvgIpc) is 3.30. The van der Waals surface area contributed by atoms with Gasteiger partial charge in [0.1, 0.15) is 18.2 Å². The van der Waals surface area contributed by atoms with Gasteiger partial charge < -0.3 is 9.47 Å². The standard InChI is InChI=1S/C34H25FI2N2O4S/c1-3-42-33(41)29-19(2)38-34-39(30(29)21-11-13-24(35)14-12-21)32(40)28(44-34)16-23-15-25(36)17-27(37)31(23)43-18-22-9-6-8-20-7-4-5-10-26(20)22/h4-17,30H,3,18H2,1-2H3/b28-16-/t30-/m1/s1. The SMILES string of the molecule is CCOC(=O)C1=C(C)N=c2s/c(=C\c3cc(I)cc(I)c3OCc3cccc4ccccc34)c(=O)n2[C@@H]1c1ccc(F)cc1. The number of ether oxygens (including phenoxy) is 2. The van der Waals surface area contributed by atoms with Gasteiger partial charge in [0, 0.05) is 9.13 Å². The van der Waals surface area contributed by atoms with E-state index in [2.05, 4.69) is 74.4 Å². The first-order chi connectivity index (χ1) is 21.2. The number of thiazole rings is 1. The summed E-state index contributed by atoms with van der Waals surface area (Å²) < 4.78 is 29.5. The average molecular weight is 830 g/mol. The van der Waals surface area contributed by atoms with Crippen LogP contribution in [0, 0.1) is 13.0 Å². The van der Waals surface area contributed by atoms with Crippen molar-refractivity contribution in [3.8, 4) is 5.75 Å². The Kier molecular flexibility index (Phi) is 9.01. The van der Waals surface area contributed by atoms with E-state index < -0.39 is 17.8 Å². The molecule has 0 unspecified atom stereocenters. The van der Waals surface area contributed by atoms with Gasteiger partial charge in [-0.15, -0.1) is 0 Å². The topological polar surface area (TPSA) is 69.9 Å². The molecule has 1 atom stereocenters. The summed E-state index contributed by atoms with van der Waals surface area (Å²) in [5, 5.41) is 2.26. The molecule has 1 aromatic heterocycles. The minimum absolute atomic E-state index is 0.170. The van der Waals surface area contributed by atoms with Crippen LogP contribution in [0.2, 0.25) is 0 Å². The summed E-state index contributed by atoms with van der Waals surface area (Å²) in [4.78, 5) is 32.3. The van der Waals surface area contributed by atoms with Crippen molar-refractivity contribution in [3.63, 3.8) is 0 Å². The van der Waals surface area contributed by atoms with Crippen LogP contribution in [0.3, 0.4) is 0 Å². The Morgan fingerprint density at radius 3 is 2.59 bits per heavy atom. The Hall–Kier alpha value is -3.36. The molecule has 0 N–H and O–H groups in total. The second-order valence-electron chi connectivity index (χ2n) is 10.1. The van der Waals surface area contributed by atoms with Crippen LogP contribution >= 0.6 is 56.5 Å². The number of aromatic nitrogens is 1. The summed E-state index contributed by atoms with van der Waals surface area (Å²) in [5.74, 6) is -0.305. The molecule has 2 heterocycles. The molecule has 1 aliphatic rings. The van der Waals surface area contributed by atoms with Crippen molar-refractivity contribution in [1.82, 2.24) is 4.57 Å². The third kappa shape index (κ3) is 5.98. The highest BCUT2D eigenvalue weighted by Crippen LogP contribution is 2.32. The Bertz CT molecular complexity index is 2130. The minimum atomic E-state index is -0.814. The van der Waals surface area contributed by atoms with Crippen LogP contribution in [0.25, 0.3) is 16.8 Å². The summed E-state index contributed by atoms with van der Waals surface area (Å²) in [6, 6.07) is 23.3. The van der Waals surface area contributed by atoms with Gasteiger partial charge in [-0.2, -0.15) is 0 Å². The fraction of sp³-hybridized carbons (Fsp3) is 0.147. The van der Waals surface area contributed by atoms with Crippen LogP contribution in [-0.4, -0.2) is 17.1 Å². The summed E-state index contributed by atoms with van der Waals surface area (Å²) in [6.07, 6.45) is 1.82. The normalized spacial score (nSPS) is 14.8. The second kappa shape index (κ2) is 12.9. The van der Waals surface area contributed by atoms with Crippen molar-refractivity contribution in [2.24, 2.45) is 4.99 Å². The van der Waals surface area contributed by atoms with E-state index in [9.17, 15) is 14.0 Å². The Morgan fingerprint density at radius 2 is 1.82 bits per heavy atom. The summed E-state index contributed by atoms with van der Waals surface area (Å²) in [7, 11) is 0.